The second-order valence-corrected chi connectivity index (χ2v) is 5.53. The standard InChI is InChI=1S/C14H25N3/c1-12(2)15-7-9-16(10-8-15)14-5-6-17(11-14)13(3)4/h5-6,11-13H,7-10H2,1-4H3. The first-order chi connectivity index (χ1) is 8.08. The average Bonchev–Trinajstić information content (AvgIpc) is 2.78. The van der Waals surface area contributed by atoms with Crippen molar-refractivity contribution in [1.82, 2.24) is 9.47 Å². The van der Waals surface area contributed by atoms with Crippen LogP contribution < -0.4 is 4.90 Å². The SMILES string of the molecule is CC(C)N1CCN(c2ccn(C(C)C)c2)CC1. The van der Waals surface area contributed by atoms with Crippen molar-refractivity contribution in [2.45, 2.75) is 39.8 Å². The fourth-order valence-electron chi connectivity index (χ4n) is 2.41. The van der Waals surface area contributed by atoms with Crippen molar-refractivity contribution in [2.24, 2.45) is 0 Å². The lowest BCUT2D eigenvalue weighted by molar-refractivity contribution is 0.209. The van der Waals surface area contributed by atoms with Crippen molar-refractivity contribution in [2.75, 3.05) is 31.1 Å². The van der Waals surface area contributed by atoms with E-state index in [4.69, 9.17) is 0 Å². The van der Waals surface area contributed by atoms with Crippen molar-refractivity contribution >= 4 is 5.69 Å². The fraction of sp³-hybridized carbons (Fsp3) is 0.714. The molecule has 1 aromatic heterocycles. The van der Waals surface area contributed by atoms with E-state index in [1.165, 1.54) is 18.8 Å². The van der Waals surface area contributed by atoms with Gasteiger partial charge in [0.05, 0.1) is 5.69 Å². The summed E-state index contributed by atoms with van der Waals surface area (Å²) in [5, 5.41) is 0. The molecule has 1 aliphatic rings. The van der Waals surface area contributed by atoms with E-state index in [1.54, 1.807) is 0 Å². The molecule has 1 saturated heterocycles. The Labute approximate surface area is 105 Å². The Morgan fingerprint density at radius 3 is 2.06 bits per heavy atom. The number of aromatic nitrogens is 1. The molecular weight excluding hydrogens is 210 g/mol. The summed E-state index contributed by atoms with van der Waals surface area (Å²) in [4.78, 5) is 5.05. The molecule has 0 spiro atoms. The van der Waals surface area contributed by atoms with E-state index >= 15 is 0 Å². The van der Waals surface area contributed by atoms with E-state index < -0.39 is 0 Å². The van der Waals surface area contributed by atoms with Crippen LogP contribution in [0.25, 0.3) is 0 Å². The molecule has 0 aromatic carbocycles. The van der Waals surface area contributed by atoms with Crippen LogP contribution in [0.2, 0.25) is 0 Å². The van der Waals surface area contributed by atoms with Crippen molar-refractivity contribution < 1.29 is 0 Å². The highest BCUT2D eigenvalue weighted by Gasteiger charge is 2.19. The zero-order valence-electron chi connectivity index (χ0n) is 11.6. The van der Waals surface area contributed by atoms with E-state index in [-0.39, 0.29) is 0 Å². The Hall–Kier alpha value is -0.960. The first kappa shape index (κ1) is 12.5. The summed E-state index contributed by atoms with van der Waals surface area (Å²) in [7, 11) is 0. The molecule has 1 aromatic rings. The number of hydrogen-bond donors (Lipinski definition) is 0. The minimum atomic E-state index is 0.556. The Morgan fingerprint density at radius 2 is 1.59 bits per heavy atom. The Kier molecular flexibility index (Phi) is 3.77. The van der Waals surface area contributed by atoms with Crippen molar-refractivity contribution in [3.8, 4) is 0 Å². The second kappa shape index (κ2) is 5.13. The van der Waals surface area contributed by atoms with Crippen LogP contribution in [0.1, 0.15) is 33.7 Å². The third kappa shape index (κ3) is 2.83. The van der Waals surface area contributed by atoms with Crippen LogP contribution in [0.4, 0.5) is 5.69 Å². The van der Waals surface area contributed by atoms with Crippen LogP contribution in [-0.4, -0.2) is 41.7 Å². The van der Waals surface area contributed by atoms with E-state index in [9.17, 15) is 0 Å². The summed E-state index contributed by atoms with van der Waals surface area (Å²) < 4.78 is 2.28. The molecule has 3 heteroatoms. The fourth-order valence-corrected chi connectivity index (χ4v) is 2.41. The zero-order valence-corrected chi connectivity index (χ0v) is 11.6. The largest absolute Gasteiger partial charge is 0.368 e. The lowest BCUT2D eigenvalue weighted by Gasteiger charge is -2.37. The van der Waals surface area contributed by atoms with Crippen molar-refractivity contribution in [3.63, 3.8) is 0 Å². The molecule has 0 saturated carbocycles. The van der Waals surface area contributed by atoms with Gasteiger partial charge in [-0.05, 0) is 33.8 Å². The van der Waals surface area contributed by atoms with Crippen LogP contribution in [0.3, 0.4) is 0 Å². The van der Waals surface area contributed by atoms with Gasteiger partial charge in [-0.2, -0.15) is 0 Å². The number of rotatable bonds is 3. The summed E-state index contributed by atoms with van der Waals surface area (Å²) in [5.41, 5.74) is 1.38. The lowest BCUT2D eigenvalue weighted by Crippen LogP contribution is -2.48. The highest BCUT2D eigenvalue weighted by atomic mass is 15.3. The van der Waals surface area contributed by atoms with Gasteiger partial charge in [-0.15, -0.1) is 0 Å². The van der Waals surface area contributed by atoms with Gasteiger partial charge in [-0.1, -0.05) is 0 Å². The molecule has 17 heavy (non-hydrogen) atoms. The van der Waals surface area contributed by atoms with Crippen LogP contribution in [0.5, 0.6) is 0 Å². The van der Waals surface area contributed by atoms with Gasteiger partial charge < -0.3 is 9.47 Å². The first-order valence-electron chi connectivity index (χ1n) is 6.74. The number of hydrogen-bond acceptors (Lipinski definition) is 2. The van der Waals surface area contributed by atoms with Gasteiger partial charge >= 0.3 is 0 Å². The predicted octanol–water partition coefficient (Wildman–Crippen LogP) is 2.60. The molecule has 0 N–H and O–H groups in total. The van der Waals surface area contributed by atoms with E-state index in [1.807, 2.05) is 0 Å². The van der Waals surface area contributed by atoms with Gasteiger partial charge in [0, 0.05) is 50.7 Å². The molecule has 1 aliphatic heterocycles. The Bertz CT molecular complexity index is 346. The maximum atomic E-state index is 2.55. The summed E-state index contributed by atoms with van der Waals surface area (Å²) in [6.07, 6.45) is 4.46. The number of nitrogens with zero attached hydrogens (tertiary/aromatic N) is 3. The second-order valence-electron chi connectivity index (χ2n) is 5.53. The molecule has 0 atom stereocenters. The van der Waals surface area contributed by atoms with Crippen LogP contribution in [0.15, 0.2) is 18.5 Å². The van der Waals surface area contributed by atoms with Gasteiger partial charge in [-0.3, -0.25) is 4.90 Å². The minimum absolute atomic E-state index is 0.556. The summed E-state index contributed by atoms with van der Waals surface area (Å²) in [6.45, 7) is 13.7. The summed E-state index contributed by atoms with van der Waals surface area (Å²) in [6, 6.07) is 3.48. The van der Waals surface area contributed by atoms with Gasteiger partial charge in [0.25, 0.3) is 0 Å². The smallest absolute Gasteiger partial charge is 0.0546 e. The minimum Gasteiger partial charge on any atom is -0.368 e. The van der Waals surface area contributed by atoms with Crippen molar-refractivity contribution in [1.29, 1.82) is 0 Å². The molecule has 96 valence electrons. The quantitative estimate of drug-likeness (QED) is 0.798. The van der Waals surface area contributed by atoms with Crippen LogP contribution >= 0.6 is 0 Å². The third-order valence-electron chi connectivity index (χ3n) is 3.70. The molecule has 3 nitrogen and oxygen atoms in total. The highest BCUT2D eigenvalue weighted by molar-refractivity contribution is 5.45. The van der Waals surface area contributed by atoms with Crippen LogP contribution in [-0.2, 0) is 0 Å². The average molecular weight is 235 g/mol. The van der Waals surface area contributed by atoms with E-state index in [0.717, 1.165) is 13.1 Å². The Morgan fingerprint density at radius 1 is 0.941 bits per heavy atom. The molecule has 0 radical (unpaired) electrons. The maximum Gasteiger partial charge on any atom is 0.0546 e. The lowest BCUT2D eigenvalue weighted by atomic mass is 10.2. The third-order valence-corrected chi connectivity index (χ3v) is 3.70. The van der Waals surface area contributed by atoms with Gasteiger partial charge in [0.15, 0.2) is 0 Å². The van der Waals surface area contributed by atoms with Gasteiger partial charge in [0.2, 0.25) is 0 Å². The molecule has 2 heterocycles. The normalized spacial score (nSPS) is 18.4. The van der Waals surface area contributed by atoms with Crippen molar-refractivity contribution in [3.05, 3.63) is 18.5 Å². The van der Waals surface area contributed by atoms with Gasteiger partial charge in [0.1, 0.15) is 0 Å². The zero-order chi connectivity index (χ0) is 12.4. The predicted molar refractivity (Wildman–Crippen MR) is 73.7 cm³/mol. The maximum absolute atomic E-state index is 2.55. The molecule has 0 aliphatic carbocycles. The topological polar surface area (TPSA) is 11.4 Å². The molecule has 2 rings (SSSR count). The highest BCUT2D eigenvalue weighted by Crippen LogP contribution is 2.19. The van der Waals surface area contributed by atoms with E-state index in [2.05, 4.69) is 60.5 Å². The summed E-state index contributed by atoms with van der Waals surface area (Å²) in [5.74, 6) is 0. The van der Waals surface area contributed by atoms with Crippen LogP contribution in [0, 0.1) is 0 Å². The molecule has 0 amide bonds. The monoisotopic (exact) mass is 235 g/mol. The molecule has 0 bridgehead atoms. The summed E-state index contributed by atoms with van der Waals surface area (Å²) >= 11 is 0. The van der Waals surface area contributed by atoms with Gasteiger partial charge in [-0.25, -0.2) is 0 Å². The first-order valence-corrected chi connectivity index (χ1v) is 6.74. The van der Waals surface area contributed by atoms with E-state index in [0.29, 0.717) is 12.1 Å². The Balaban J connectivity index is 1.96. The molecule has 1 fully saturated rings. The molecule has 0 unspecified atom stereocenters. The number of anilines is 1. The molecular formula is C14H25N3. The number of piperazine rings is 1.